The molecule has 2 aliphatic rings. The molecule has 0 saturated carbocycles. The third-order valence-electron chi connectivity index (χ3n) is 10.2. The van der Waals surface area contributed by atoms with Gasteiger partial charge in [-0.05, 0) is 42.9 Å². The van der Waals surface area contributed by atoms with Crippen molar-refractivity contribution in [1.82, 2.24) is 24.7 Å². The molecule has 6 rings (SSSR count). The quantitative estimate of drug-likeness (QED) is 0.230. The summed E-state index contributed by atoms with van der Waals surface area (Å²) in [5.41, 5.74) is 1.90. The van der Waals surface area contributed by atoms with Gasteiger partial charge in [-0.2, -0.15) is 9.97 Å². The van der Waals surface area contributed by atoms with Crippen LogP contribution in [0.1, 0.15) is 37.6 Å². The number of hydrogen-bond acceptors (Lipinski definition) is 9. The van der Waals surface area contributed by atoms with E-state index in [0.717, 1.165) is 39.0 Å². The Balaban J connectivity index is 1.39. The number of fused-ring (bicyclic) bond motifs is 2. The Bertz CT molecular complexity index is 1910. The second-order valence-corrected chi connectivity index (χ2v) is 15.2. The zero-order valence-corrected chi connectivity index (χ0v) is 31.4. The minimum atomic E-state index is -1.36. The number of ether oxygens (including phenoxy) is 2. The van der Waals surface area contributed by atoms with E-state index in [9.17, 15) is 14.7 Å². The predicted molar refractivity (Wildman–Crippen MR) is 203 cm³/mol. The first kappa shape index (κ1) is 36.7. The summed E-state index contributed by atoms with van der Waals surface area (Å²) in [6, 6.07) is 22.9. The van der Waals surface area contributed by atoms with Crippen molar-refractivity contribution in [3.63, 3.8) is 0 Å². The summed E-state index contributed by atoms with van der Waals surface area (Å²) >= 11 is 0. The van der Waals surface area contributed by atoms with Gasteiger partial charge < -0.3 is 34.2 Å². The van der Waals surface area contributed by atoms with Crippen LogP contribution in [0.2, 0.25) is 0 Å². The van der Waals surface area contributed by atoms with Crippen molar-refractivity contribution < 1.29 is 24.2 Å². The Morgan fingerprint density at radius 1 is 0.904 bits per heavy atom. The van der Waals surface area contributed by atoms with Gasteiger partial charge in [0, 0.05) is 63.0 Å². The molecule has 12 nitrogen and oxygen atoms in total. The lowest BCUT2D eigenvalue weighted by Gasteiger charge is -2.55. The largest absolute Gasteiger partial charge is 0.489 e. The maximum absolute atomic E-state index is 14.1. The van der Waals surface area contributed by atoms with Crippen molar-refractivity contribution in [2.45, 2.75) is 45.9 Å². The van der Waals surface area contributed by atoms with Crippen molar-refractivity contribution in [3.05, 3.63) is 83.6 Å². The van der Waals surface area contributed by atoms with Crippen molar-refractivity contribution in [3.8, 4) is 11.8 Å². The van der Waals surface area contributed by atoms with Gasteiger partial charge in [-0.1, -0.05) is 75.4 Å². The molecule has 1 N–H and O–H groups in total. The van der Waals surface area contributed by atoms with Gasteiger partial charge in [0.15, 0.2) is 0 Å². The van der Waals surface area contributed by atoms with Crippen molar-refractivity contribution in [2.75, 3.05) is 77.3 Å². The van der Waals surface area contributed by atoms with Gasteiger partial charge in [-0.15, -0.1) is 0 Å². The van der Waals surface area contributed by atoms with Crippen LogP contribution in [0.4, 0.5) is 16.3 Å². The number of amides is 2. The van der Waals surface area contributed by atoms with Crippen LogP contribution in [0.5, 0.6) is 11.8 Å². The van der Waals surface area contributed by atoms with Gasteiger partial charge in [0.1, 0.15) is 30.3 Å². The molecular formula is C40H51N7O5. The number of benzene rings is 3. The maximum atomic E-state index is 14.1. The van der Waals surface area contributed by atoms with Crippen molar-refractivity contribution >= 4 is 34.3 Å². The Labute approximate surface area is 306 Å². The summed E-state index contributed by atoms with van der Waals surface area (Å²) in [5.74, 6) is 1.23. The number of carbonyl (C=O) groups is 2. The number of piperazine rings is 1. The number of carboxylic acid groups (broad SMARTS) is 1. The van der Waals surface area contributed by atoms with Gasteiger partial charge in [-0.25, -0.2) is 4.79 Å². The van der Waals surface area contributed by atoms with E-state index in [1.54, 1.807) is 14.1 Å². The molecule has 1 fully saturated rings. The average molecular weight is 710 g/mol. The van der Waals surface area contributed by atoms with Crippen LogP contribution in [0.25, 0.3) is 10.8 Å². The SMILES string of the molecule is CN(C)CCOc1nc2c(c(N3CCN(C(=O)O)C(C(=O)N(C)C)(C(C)(C)C)C3)n1)CCN(c1cc(OCc3ccccc3)cc3ccccc13)C2. The lowest BCUT2D eigenvalue weighted by molar-refractivity contribution is -0.149. The fraction of sp³-hybridized carbons (Fsp3) is 0.450. The first-order valence-corrected chi connectivity index (χ1v) is 17.9. The number of aromatic nitrogens is 2. The zero-order chi connectivity index (χ0) is 37.2. The van der Waals surface area contributed by atoms with Crippen LogP contribution < -0.4 is 19.3 Å². The van der Waals surface area contributed by atoms with E-state index in [-0.39, 0.29) is 25.0 Å². The number of likely N-dealkylation sites (N-methyl/N-ethyl adjacent to an activating group) is 2. The summed E-state index contributed by atoms with van der Waals surface area (Å²) in [7, 11) is 7.33. The molecule has 0 spiro atoms. The molecule has 3 aromatic carbocycles. The molecule has 0 aliphatic carbocycles. The first-order valence-electron chi connectivity index (χ1n) is 17.9. The first-order chi connectivity index (χ1) is 24.8. The number of nitrogens with zero attached hydrogens (tertiary/aromatic N) is 7. The topological polar surface area (TPSA) is 115 Å². The van der Waals surface area contributed by atoms with E-state index >= 15 is 0 Å². The smallest absolute Gasteiger partial charge is 0.408 e. The summed E-state index contributed by atoms with van der Waals surface area (Å²) in [4.78, 5) is 46.1. The fourth-order valence-corrected chi connectivity index (χ4v) is 7.40. The van der Waals surface area contributed by atoms with Crippen molar-refractivity contribution in [2.24, 2.45) is 5.41 Å². The fourth-order valence-electron chi connectivity index (χ4n) is 7.40. The van der Waals surface area contributed by atoms with E-state index in [2.05, 4.69) is 52.3 Å². The molecule has 1 unspecified atom stereocenters. The highest BCUT2D eigenvalue weighted by Gasteiger charge is 2.58. The highest BCUT2D eigenvalue weighted by molar-refractivity contribution is 5.96. The Morgan fingerprint density at radius 2 is 1.63 bits per heavy atom. The Kier molecular flexibility index (Phi) is 10.5. The van der Waals surface area contributed by atoms with Crippen LogP contribution in [0, 0.1) is 5.41 Å². The van der Waals surface area contributed by atoms with Crippen LogP contribution >= 0.6 is 0 Å². The molecule has 276 valence electrons. The Hall–Kier alpha value is -5.10. The number of anilines is 2. The van der Waals surface area contributed by atoms with Crippen LogP contribution in [-0.4, -0.2) is 115 Å². The molecule has 2 aliphatic heterocycles. The maximum Gasteiger partial charge on any atom is 0.408 e. The van der Waals surface area contributed by atoms with Gasteiger partial charge in [0.05, 0.1) is 18.8 Å². The van der Waals surface area contributed by atoms with Crippen molar-refractivity contribution in [1.29, 1.82) is 0 Å². The molecule has 1 saturated heterocycles. The molecule has 0 bridgehead atoms. The third kappa shape index (κ3) is 7.30. The summed E-state index contributed by atoms with van der Waals surface area (Å²) in [5, 5.41) is 12.6. The standard InChI is InChI=1S/C40H51N7O5/c1-39(2,3)40(36(48)44(6)7)27-46(19-20-47(40)38(49)50)35-32-17-18-45(25-33(32)41-37(42-35)51-22-21-43(4)5)34-24-30(23-29-15-11-12-16-31(29)34)52-26-28-13-9-8-10-14-28/h8-16,23-24H,17-22,25-27H2,1-7H3,(H,49,50). The van der Waals surface area contributed by atoms with Gasteiger partial charge in [-0.3, -0.25) is 9.69 Å². The molecule has 0 radical (unpaired) electrons. The second kappa shape index (κ2) is 14.9. The third-order valence-corrected chi connectivity index (χ3v) is 10.2. The molecule has 12 heteroatoms. The molecule has 4 aromatic rings. The normalized spacial score (nSPS) is 17.7. The molecule has 52 heavy (non-hydrogen) atoms. The van der Waals surface area contributed by atoms with Crippen LogP contribution in [0.15, 0.2) is 66.7 Å². The predicted octanol–water partition coefficient (Wildman–Crippen LogP) is 5.39. The molecule has 1 atom stereocenters. The van der Waals surface area contributed by atoms with Crippen LogP contribution in [0.3, 0.4) is 0 Å². The van der Waals surface area contributed by atoms with E-state index in [4.69, 9.17) is 19.4 Å². The summed E-state index contributed by atoms with van der Waals surface area (Å²) < 4.78 is 12.5. The lowest BCUT2D eigenvalue weighted by atomic mass is 9.70. The number of hydrogen-bond donors (Lipinski definition) is 1. The van der Waals surface area contributed by atoms with Gasteiger partial charge in [0.25, 0.3) is 5.91 Å². The lowest BCUT2D eigenvalue weighted by Crippen LogP contribution is -2.74. The minimum absolute atomic E-state index is 0.148. The monoisotopic (exact) mass is 709 g/mol. The summed E-state index contributed by atoms with van der Waals surface area (Å²) in [6.07, 6.45) is -0.463. The molecule has 3 heterocycles. The summed E-state index contributed by atoms with van der Waals surface area (Å²) in [6.45, 7) is 9.23. The molecule has 2 amide bonds. The van der Waals surface area contributed by atoms with Gasteiger partial charge in [0.2, 0.25) is 0 Å². The van der Waals surface area contributed by atoms with E-state index in [1.807, 2.05) is 64.0 Å². The zero-order valence-electron chi connectivity index (χ0n) is 31.4. The number of carbonyl (C=O) groups excluding carboxylic acids is 1. The number of rotatable bonds is 10. The highest BCUT2D eigenvalue weighted by Crippen LogP contribution is 2.43. The van der Waals surface area contributed by atoms with Gasteiger partial charge >= 0.3 is 12.1 Å². The molecular weight excluding hydrogens is 658 g/mol. The van der Waals surface area contributed by atoms with E-state index in [0.29, 0.717) is 51.6 Å². The average Bonchev–Trinajstić information content (AvgIpc) is 3.12. The Morgan fingerprint density at radius 3 is 2.33 bits per heavy atom. The molecule has 1 aromatic heterocycles. The van der Waals surface area contributed by atoms with E-state index < -0.39 is 17.0 Å². The van der Waals surface area contributed by atoms with Crippen LogP contribution in [-0.2, 0) is 24.4 Å². The minimum Gasteiger partial charge on any atom is -0.489 e. The highest BCUT2D eigenvalue weighted by atomic mass is 16.5. The second-order valence-electron chi connectivity index (χ2n) is 15.2. The van der Waals surface area contributed by atoms with E-state index in [1.165, 1.54) is 9.80 Å².